The Labute approximate surface area is 90.4 Å². The molecule has 0 spiro atoms. The van der Waals surface area contributed by atoms with E-state index in [-0.39, 0.29) is 11.2 Å². The Morgan fingerprint density at radius 1 is 1.33 bits per heavy atom. The van der Waals surface area contributed by atoms with Crippen molar-refractivity contribution in [1.29, 1.82) is 5.26 Å². The Morgan fingerprint density at radius 2 is 1.93 bits per heavy atom. The van der Waals surface area contributed by atoms with Gasteiger partial charge in [-0.1, -0.05) is 12.1 Å². The van der Waals surface area contributed by atoms with Crippen LogP contribution in [-0.4, -0.2) is 11.7 Å². The average Bonchev–Trinajstić information content (AvgIpc) is 2.21. The molecule has 3 nitrogen and oxygen atoms in total. The molecule has 1 aromatic carbocycles. The van der Waals surface area contributed by atoms with Gasteiger partial charge in [0.2, 0.25) is 0 Å². The van der Waals surface area contributed by atoms with Gasteiger partial charge in [0.1, 0.15) is 5.75 Å². The first-order valence-corrected chi connectivity index (χ1v) is 4.93. The van der Waals surface area contributed by atoms with Crippen LogP contribution in [0.5, 0.6) is 5.75 Å². The third-order valence-electron chi connectivity index (χ3n) is 2.14. The number of hydrogen-bond donors (Lipinski definition) is 2. The van der Waals surface area contributed by atoms with Crippen molar-refractivity contribution >= 4 is 0 Å². The lowest BCUT2D eigenvalue weighted by Gasteiger charge is -2.15. The van der Waals surface area contributed by atoms with Crippen LogP contribution in [0.2, 0.25) is 0 Å². The second-order valence-corrected chi connectivity index (χ2v) is 4.27. The minimum atomic E-state index is -0.336. The molecular formula is C12H16N2O. The molecule has 0 aliphatic carbocycles. The Hall–Kier alpha value is -1.53. The molecule has 0 atom stereocenters. The minimum Gasteiger partial charge on any atom is -0.508 e. The van der Waals surface area contributed by atoms with E-state index >= 15 is 0 Å². The van der Waals surface area contributed by atoms with Gasteiger partial charge < -0.3 is 10.4 Å². The zero-order chi connectivity index (χ0) is 11.3. The van der Waals surface area contributed by atoms with Crippen LogP contribution in [0.25, 0.3) is 0 Å². The summed E-state index contributed by atoms with van der Waals surface area (Å²) >= 11 is 0. The number of aromatic hydroxyl groups is 1. The van der Waals surface area contributed by atoms with Gasteiger partial charge in [0.15, 0.2) is 0 Å². The molecule has 1 aromatic rings. The van der Waals surface area contributed by atoms with Crippen molar-refractivity contribution < 1.29 is 5.11 Å². The number of nitriles is 1. The van der Waals surface area contributed by atoms with Crippen molar-refractivity contribution in [2.24, 2.45) is 5.41 Å². The summed E-state index contributed by atoms with van der Waals surface area (Å²) in [5.41, 5.74) is 0.762. The van der Waals surface area contributed by atoms with E-state index in [1.807, 2.05) is 26.0 Å². The maximum atomic E-state index is 9.09. The largest absolute Gasteiger partial charge is 0.508 e. The van der Waals surface area contributed by atoms with Crippen molar-refractivity contribution in [3.8, 4) is 11.8 Å². The molecule has 0 aromatic heterocycles. The van der Waals surface area contributed by atoms with Gasteiger partial charge in [-0.25, -0.2) is 0 Å². The number of phenols is 1. The first-order chi connectivity index (χ1) is 7.03. The molecule has 0 radical (unpaired) electrons. The van der Waals surface area contributed by atoms with Crippen LogP contribution in [0.15, 0.2) is 24.3 Å². The number of phenolic OH excluding ortho intramolecular Hbond substituents is 1. The Morgan fingerprint density at radius 3 is 2.47 bits per heavy atom. The molecule has 0 amide bonds. The van der Waals surface area contributed by atoms with Crippen molar-refractivity contribution in [3.63, 3.8) is 0 Å². The summed E-state index contributed by atoms with van der Waals surface area (Å²) in [7, 11) is 0. The van der Waals surface area contributed by atoms with Crippen molar-refractivity contribution in [2.45, 2.75) is 20.4 Å². The molecule has 80 valence electrons. The molecule has 0 fully saturated rings. The highest BCUT2D eigenvalue weighted by atomic mass is 16.3. The molecule has 0 saturated heterocycles. The molecule has 0 unspecified atom stereocenters. The lowest BCUT2D eigenvalue weighted by molar-refractivity contribution is 0.444. The highest BCUT2D eigenvalue weighted by molar-refractivity contribution is 5.25. The van der Waals surface area contributed by atoms with Gasteiger partial charge in [-0.3, -0.25) is 0 Å². The Kier molecular flexibility index (Phi) is 3.70. The fourth-order valence-electron chi connectivity index (χ4n) is 1.17. The highest BCUT2D eigenvalue weighted by Gasteiger charge is 2.15. The van der Waals surface area contributed by atoms with Crippen LogP contribution < -0.4 is 5.32 Å². The smallest absolute Gasteiger partial charge is 0.115 e. The molecule has 0 bridgehead atoms. The van der Waals surface area contributed by atoms with Crippen LogP contribution in [0.1, 0.15) is 19.4 Å². The van der Waals surface area contributed by atoms with Gasteiger partial charge in [-0.15, -0.1) is 0 Å². The topological polar surface area (TPSA) is 56.0 Å². The number of benzene rings is 1. The maximum absolute atomic E-state index is 9.09. The van der Waals surface area contributed by atoms with E-state index < -0.39 is 0 Å². The highest BCUT2D eigenvalue weighted by Crippen LogP contribution is 2.12. The zero-order valence-corrected chi connectivity index (χ0v) is 9.12. The SMILES string of the molecule is CC(C)(C#N)CNCc1ccc(O)cc1. The van der Waals surface area contributed by atoms with E-state index in [9.17, 15) is 0 Å². The lowest BCUT2D eigenvalue weighted by Crippen LogP contribution is -2.27. The van der Waals surface area contributed by atoms with Crippen LogP contribution in [0.3, 0.4) is 0 Å². The average molecular weight is 204 g/mol. The summed E-state index contributed by atoms with van der Waals surface area (Å²) in [5.74, 6) is 0.274. The van der Waals surface area contributed by atoms with Crippen molar-refractivity contribution in [1.82, 2.24) is 5.32 Å². The lowest BCUT2D eigenvalue weighted by atomic mass is 9.96. The molecule has 0 heterocycles. The van der Waals surface area contributed by atoms with Gasteiger partial charge in [-0.05, 0) is 31.5 Å². The fraction of sp³-hybridized carbons (Fsp3) is 0.417. The van der Waals surface area contributed by atoms with Crippen molar-refractivity contribution in [3.05, 3.63) is 29.8 Å². The number of nitrogens with zero attached hydrogens (tertiary/aromatic N) is 1. The van der Waals surface area contributed by atoms with Gasteiger partial charge in [0.25, 0.3) is 0 Å². The van der Waals surface area contributed by atoms with Gasteiger partial charge in [-0.2, -0.15) is 5.26 Å². The van der Waals surface area contributed by atoms with E-state index in [1.54, 1.807) is 12.1 Å². The molecule has 2 N–H and O–H groups in total. The first-order valence-electron chi connectivity index (χ1n) is 4.93. The number of hydrogen-bond acceptors (Lipinski definition) is 3. The quantitative estimate of drug-likeness (QED) is 0.789. The van der Waals surface area contributed by atoms with Gasteiger partial charge in [0, 0.05) is 13.1 Å². The van der Waals surface area contributed by atoms with Crippen LogP contribution >= 0.6 is 0 Å². The molecule has 0 saturated carbocycles. The second kappa shape index (κ2) is 4.81. The second-order valence-electron chi connectivity index (χ2n) is 4.27. The summed E-state index contributed by atoms with van der Waals surface area (Å²) in [6, 6.07) is 9.28. The van der Waals surface area contributed by atoms with E-state index in [0.29, 0.717) is 13.1 Å². The Balaban J connectivity index is 2.39. The summed E-state index contributed by atoms with van der Waals surface area (Å²) in [6.07, 6.45) is 0. The van der Waals surface area contributed by atoms with E-state index in [0.717, 1.165) is 5.56 Å². The van der Waals surface area contributed by atoms with Gasteiger partial charge >= 0.3 is 0 Å². The van der Waals surface area contributed by atoms with E-state index in [2.05, 4.69) is 11.4 Å². The zero-order valence-electron chi connectivity index (χ0n) is 9.12. The molecule has 3 heteroatoms. The molecule has 1 rings (SSSR count). The fourth-order valence-corrected chi connectivity index (χ4v) is 1.17. The van der Waals surface area contributed by atoms with Crippen molar-refractivity contribution in [2.75, 3.05) is 6.54 Å². The predicted octanol–water partition coefficient (Wildman–Crippen LogP) is 2.03. The maximum Gasteiger partial charge on any atom is 0.115 e. The monoisotopic (exact) mass is 204 g/mol. The number of rotatable bonds is 4. The molecule has 0 aliphatic heterocycles. The summed E-state index contributed by atoms with van der Waals surface area (Å²) in [4.78, 5) is 0. The third-order valence-corrected chi connectivity index (χ3v) is 2.14. The first kappa shape index (κ1) is 11.5. The molecule has 0 aliphatic rings. The summed E-state index contributed by atoms with van der Waals surface area (Å²) in [6.45, 7) is 5.17. The predicted molar refractivity (Wildman–Crippen MR) is 59.2 cm³/mol. The third kappa shape index (κ3) is 4.01. The van der Waals surface area contributed by atoms with Crippen LogP contribution in [-0.2, 0) is 6.54 Å². The molecule has 15 heavy (non-hydrogen) atoms. The Bertz CT molecular complexity index is 349. The standard InChI is InChI=1S/C12H16N2O/c1-12(2,8-13)9-14-7-10-3-5-11(15)6-4-10/h3-6,14-15H,7,9H2,1-2H3. The van der Waals surface area contributed by atoms with Crippen LogP contribution in [0, 0.1) is 16.7 Å². The summed E-state index contributed by atoms with van der Waals surface area (Å²) in [5, 5.41) is 21.1. The van der Waals surface area contributed by atoms with Gasteiger partial charge in [0.05, 0.1) is 11.5 Å². The van der Waals surface area contributed by atoms with Crippen LogP contribution in [0.4, 0.5) is 0 Å². The van der Waals surface area contributed by atoms with E-state index in [1.165, 1.54) is 0 Å². The summed E-state index contributed by atoms with van der Waals surface area (Å²) < 4.78 is 0. The van der Waals surface area contributed by atoms with E-state index in [4.69, 9.17) is 10.4 Å². The minimum absolute atomic E-state index is 0.274. The normalized spacial score (nSPS) is 11.0. The number of nitrogens with one attached hydrogen (secondary N) is 1. The molecular weight excluding hydrogens is 188 g/mol.